The van der Waals surface area contributed by atoms with E-state index in [1.54, 1.807) is 12.1 Å². The third-order valence-electron chi connectivity index (χ3n) is 4.33. The van der Waals surface area contributed by atoms with E-state index in [2.05, 4.69) is 4.98 Å². The maximum absolute atomic E-state index is 13.6. The second-order valence-electron chi connectivity index (χ2n) is 6.04. The van der Waals surface area contributed by atoms with Gasteiger partial charge in [0.15, 0.2) is 16.7 Å². The third kappa shape index (κ3) is 4.39. The number of hydrogen-bond acceptors (Lipinski definition) is 8. The van der Waals surface area contributed by atoms with Crippen molar-refractivity contribution in [1.29, 1.82) is 0 Å². The number of aromatic nitrogens is 2. The molecule has 0 atom stereocenters. The van der Waals surface area contributed by atoms with Gasteiger partial charge in [-0.15, -0.1) is 0 Å². The molecule has 11 heteroatoms. The fourth-order valence-corrected chi connectivity index (χ4v) is 4.25. The van der Waals surface area contributed by atoms with Crippen molar-refractivity contribution in [2.75, 3.05) is 34.2 Å². The lowest BCUT2D eigenvalue weighted by molar-refractivity contribution is -0.137. The molecule has 0 aliphatic rings. The lowest BCUT2D eigenvalue weighted by Crippen LogP contribution is -2.23. The molecule has 0 unspecified atom stereocenters. The molecule has 0 spiro atoms. The second-order valence-corrected chi connectivity index (χ2v) is 7.82. The fraction of sp³-hybridized carbons (Fsp3) is 0.250. The minimum Gasteiger partial charge on any atom is -0.493 e. The first-order chi connectivity index (χ1) is 14.9. The lowest BCUT2D eigenvalue weighted by Gasteiger charge is -2.18. The van der Waals surface area contributed by atoms with E-state index < -0.39 is 11.5 Å². The number of rotatable bonds is 7. The van der Waals surface area contributed by atoms with Crippen molar-refractivity contribution in [3.63, 3.8) is 0 Å². The largest absolute Gasteiger partial charge is 0.493 e. The first kappa shape index (κ1) is 23.1. The highest BCUT2D eigenvalue weighted by Gasteiger charge is 2.23. The normalized spacial score (nSPS) is 10.8. The molecule has 3 aromatic rings. The number of esters is 1. The molecule has 1 heterocycles. The molecule has 164 valence electrons. The molecule has 0 saturated carbocycles. The fourth-order valence-electron chi connectivity index (χ4n) is 2.92. The van der Waals surface area contributed by atoms with Crippen molar-refractivity contribution < 1.29 is 23.7 Å². The quantitative estimate of drug-likeness (QED) is 0.282. The summed E-state index contributed by atoms with van der Waals surface area (Å²) in [7, 11) is 5.61. The summed E-state index contributed by atoms with van der Waals surface area (Å²) in [6.45, 7) is 0. The zero-order valence-corrected chi connectivity index (χ0v) is 19.4. The molecule has 0 bridgehead atoms. The third-order valence-corrected chi connectivity index (χ3v) is 5.78. The van der Waals surface area contributed by atoms with Crippen molar-refractivity contribution in [1.82, 2.24) is 9.55 Å². The van der Waals surface area contributed by atoms with Gasteiger partial charge in [-0.25, -0.2) is 4.98 Å². The van der Waals surface area contributed by atoms with Crippen LogP contribution in [-0.4, -0.2) is 49.7 Å². The summed E-state index contributed by atoms with van der Waals surface area (Å²) < 4.78 is 22.2. The molecule has 0 radical (unpaired) electrons. The lowest BCUT2D eigenvalue weighted by atomic mass is 10.2. The van der Waals surface area contributed by atoms with Gasteiger partial charge in [0.2, 0.25) is 5.75 Å². The Morgan fingerprint density at radius 2 is 1.77 bits per heavy atom. The van der Waals surface area contributed by atoms with Crippen LogP contribution in [0.25, 0.3) is 16.6 Å². The molecule has 3 rings (SSSR count). The van der Waals surface area contributed by atoms with Crippen LogP contribution >= 0.6 is 35.0 Å². The molecular weight excluding hydrogens is 467 g/mol. The molecule has 0 aliphatic heterocycles. The van der Waals surface area contributed by atoms with Crippen LogP contribution in [0.3, 0.4) is 0 Å². The number of thioether (sulfide) groups is 1. The minimum absolute atomic E-state index is 0.0741. The number of carbonyl (C=O) groups excluding carboxylic acids is 1. The molecule has 0 amide bonds. The molecule has 0 fully saturated rings. The number of methoxy groups -OCH3 is 4. The van der Waals surface area contributed by atoms with Gasteiger partial charge in [-0.1, -0.05) is 35.0 Å². The van der Waals surface area contributed by atoms with Gasteiger partial charge in [0, 0.05) is 5.02 Å². The van der Waals surface area contributed by atoms with E-state index in [1.165, 1.54) is 45.1 Å². The SMILES string of the molecule is COC(=O)CSc1nc2c(OC)c(OC)c(OC)cc2c(=O)n1-c1ccc(Cl)cc1Cl. The van der Waals surface area contributed by atoms with Crippen LogP contribution in [0, 0.1) is 0 Å². The Hall–Kier alpha value is -2.62. The molecule has 31 heavy (non-hydrogen) atoms. The van der Waals surface area contributed by atoms with Crippen LogP contribution in [0.2, 0.25) is 10.0 Å². The van der Waals surface area contributed by atoms with Crippen LogP contribution in [0.1, 0.15) is 0 Å². The summed E-state index contributed by atoms with van der Waals surface area (Å²) in [6.07, 6.45) is 0. The Morgan fingerprint density at radius 3 is 2.35 bits per heavy atom. The van der Waals surface area contributed by atoms with E-state index in [4.69, 9.17) is 42.1 Å². The summed E-state index contributed by atoms with van der Waals surface area (Å²) in [5.41, 5.74) is 0.159. The number of fused-ring (bicyclic) bond motifs is 1. The van der Waals surface area contributed by atoms with Crippen molar-refractivity contribution >= 4 is 51.8 Å². The van der Waals surface area contributed by atoms with E-state index in [0.29, 0.717) is 16.5 Å². The van der Waals surface area contributed by atoms with Crippen LogP contribution in [0.5, 0.6) is 17.2 Å². The van der Waals surface area contributed by atoms with Gasteiger partial charge < -0.3 is 18.9 Å². The van der Waals surface area contributed by atoms with Gasteiger partial charge in [0.25, 0.3) is 5.56 Å². The molecule has 0 saturated heterocycles. The molecule has 0 N–H and O–H groups in total. The Labute approximate surface area is 192 Å². The smallest absolute Gasteiger partial charge is 0.316 e. The van der Waals surface area contributed by atoms with Gasteiger partial charge in [-0.05, 0) is 24.3 Å². The van der Waals surface area contributed by atoms with Crippen molar-refractivity contribution in [3.8, 4) is 22.9 Å². The number of hydrogen-bond donors (Lipinski definition) is 0. The molecule has 1 aromatic heterocycles. The average molecular weight is 485 g/mol. The van der Waals surface area contributed by atoms with E-state index in [-0.39, 0.29) is 38.3 Å². The van der Waals surface area contributed by atoms with Crippen LogP contribution < -0.4 is 19.8 Å². The highest BCUT2D eigenvalue weighted by atomic mass is 35.5. The summed E-state index contributed by atoms with van der Waals surface area (Å²) in [5, 5.41) is 1.07. The summed E-state index contributed by atoms with van der Waals surface area (Å²) in [6, 6.07) is 6.23. The molecule has 2 aromatic carbocycles. The zero-order valence-electron chi connectivity index (χ0n) is 17.0. The van der Waals surface area contributed by atoms with Crippen molar-refractivity contribution in [2.45, 2.75) is 5.16 Å². The predicted molar refractivity (Wildman–Crippen MR) is 120 cm³/mol. The Morgan fingerprint density at radius 1 is 1.06 bits per heavy atom. The summed E-state index contributed by atoms with van der Waals surface area (Å²) in [4.78, 5) is 29.9. The standard InChI is InChI=1S/C20H18Cl2N2O6S/c1-27-14-8-11-16(18(30-4)17(14)29-3)23-20(31-9-15(25)28-2)24(19(11)26)13-6-5-10(21)7-12(13)22/h5-8H,9H2,1-4H3. The van der Waals surface area contributed by atoms with Gasteiger partial charge in [-0.2, -0.15) is 0 Å². The van der Waals surface area contributed by atoms with Crippen molar-refractivity contribution in [2.24, 2.45) is 0 Å². The maximum Gasteiger partial charge on any atom is 0.316 e. The average Bonchev–Trinajstić information content (AvgIpc) is 2.76. The Kier molecular flexibility index (Phi) is 7.19. The second kappa shape index (κ2) is 9.67. The van der Waals surface area contributed by atoms with Gasteiger partial charge in [0.05, 0.1) is 50.3 Å². The van der Waals surface area contributed by atoms with E-state index in [1.807, 2.05) is 0 Å². The number of nitrogens with zero attached hydrogens (tertiary/aromatic N) is 2. The number of ether oxygens (including phenoxy) is 4. The highest BCUT2D eigenvalue weighted by molar-refractivity contribution is 7.99. The van der Waals surface area contributed by atoms with Crippen LogP contribution in [-0.2, 0) is 9.53 Å². The van der Waals surface area contributed by atoms with Gasteiger partial charge >= 0.3 is 5.97 Å². The number of carbonyl (C=O) groups is 1. The van der Waals surface area contributed by atoms with E-state index in [0.717, 1.165) is 11.8 Å². The molecule has 0 aliphatic carbocycles. The Balaban J connectivity index is 2.40. The zero-order chi connectivity index (χ0) is 22.7. The topological polar surface area (TPSA) is 88.9 Å². The summed E-state index contributed by atoms with van der Waals surface area (Å²) in [5.74, 6) is 0.260. The summed E-state index contributed by atoms with van der Waals surface area (Å²) >= 11 is 13.4. The van der Waals surface area contributed by atoms with Gasteiger partial charge in [-0.3, -0.25) is 14.2 Å². The molecular formula is C20H18Cl2N2O6S. The van der Waals surface area contributed by atoms with Crippen LogP contribution in [0.15, 0.2) is 34.2 Å². The maximum atomic E-state index is 13.6. The first-order valence-electron chi connectivity index (χ1n) is 8.77. The number of halogens is 2. The van der Waals surface area contributed by atoms with E-state index >= 15 is 0 Å². The first-order valence-corrected chi connectivity index (χ1v) is 10.5. The number of benzene rings is 2. The van der Waals surface area contributed by atoms with Crippen molar-refractivity contribution in [3.05, 3.63) is 44.7 Å². The van der Waals surface area contributed by atoms with Gasteiger partial charge in [0.1, 0.15) is 5.52 Å². The monoisotopic (exact) mass is 484 g/mol. The van der Waals surface area contributed by atoms with E-state index in [9.17, 15) is 9.59 Å². The predicted octanol–water partition coefficient (Wildman–Crippen LogP) is 3.98. The molecule has 8 nitrogen and oxygen atoms in total. The van der Waals surface area contributed by atoms with Crippen LogP contribution in [0.4, 0.5) is 0 Å². The highest BCUT2D eigenvalue weighted by Crippen LogP contribution is 2.42. The minimum atomic E-state index is -0.479. The Bertz CT molecular complexity index is 1210.